The highest BCUT2D eigenvalue weighted by atomic mass is 16.5. The number of likely N-dealkylation sites (tertiary alicyclic amines) is 1. The van der Waals surface area contributed by atoms with Crippen molar-refractivity contribution >= 4 is 11.9 Å². The van der Waals surface area contributed by atoms with Crippen LogP contribution in [0.25, 0.3) is 0 Å². The molecule has 2 rings (SSSR count). The predicted molar refractivity (Wildman–Crippen MR) is 71.7 cm³/mol. The van der Waals surface area contributed by atoms with E-state index in [0.717, 1.165) is 0 Å². The van der Waals surface area contributed by atoms with Crippen LogP contribution in [-0.2, 0) is 4.79 Å². The maximum Gasteiger partial charge on any atom is 0.326 e. The van der Waals surface area contributed by atoms with Gasteiger partial charge in [-0.25, -0.2) is 9.78 Å². The van der Waals surface area contributed by atoms with Gasteiger partial charge in [-0.15, -0.1) is 0 Å². The Kier molecular flexibility index (Phi) is 4.22. The first-order valence-electron chi connectivity index (χ1n) is 6.65. The van der Waals surface area contributed by atoms with Gasteiger partial charge in [0, 0.05) is 18.8 Å². The van der Waals surface area contributed by atoms with E-state index in [1.54, 1.807) is 12.1 Å². The standard InChI is InChI=1S/C14H18N2O4/c1-9(2)20-12-6-5-10(8-15-12)13(17)16-7-3-4-11(16)14(18)19/h5-6,8-9,11H,3-4,7H2,1-2H3,(H,18,19). The van der Waals surface area contributed by atoms with Crippen LogP contribution < -0.4 is 4.74 Å². The summed E-state index contributed by atoms with van der Waals surface area (Å²) in [5.41, 5.74) is 0.384. The number of aliphatic carboxylic acids is 1. The van der Waals surface area contributed by atoms with E-state index in [-0.39, 0.29) is 12.0 Å². The molecule has 0 spiro atoms. The number of hydrogen-bond donors (Lipinski definition) is 1. The largest absolute Gasteiger partial charge is 0.480 e. The van der Waals surface area contributed by atoms with Crippen LogP contribution in [0.5, 0.6) is 5.88 Å². The van der Waals surface area contributed by atoms with Crippen LogP contribution in [0, 0.1) is 0 Å². The van der Waals surface area contributed by atoms with Crippen molar-refractivity contribution in [1.82, 2.24) is 9.88 Å². The van der Waals surface area contributed by atoms with Crippen LogP contribution >= 0.6 is 0 Å². The maximum absolute atomic E-state index is 12.3. The lowest BCUT2D eigenvalue weighted by atomic mass is 10.2. The summed E-state index contributed by atoms with van der Waals surface area (Å²) in [6, 6.07) is 2.51. The van der Waals surface area contributed by atoms with E-state index in [2.05, 4.69) is 4.98 Å². The Morgan fingerprint density at radius 1 is 1.45 bits per heavy atom. The number of hydrogen-bond acceptors (Lipinski definition) is 4. The van der Waals surface area contributed by atoms with Crippen molar-refractivity contribution in [3.05, 3.63) is 23.9 Å². The van der Waals surface area contributed by atoms with Gasteiger partial charge in [-0.05, 0) is 32.8 Å². The molecule has 1 aliphatic heterocycles. The number of pyridine rings is 1. The van der Waals surface area contributed by atoms with Crippen molar-refractivity contribution in [3.63, 3.8) is 0 Å². The topological polar surface area (TPSA) is 79.7 Å². The minimum atomic E-state index is -0.955. The Morgan fingerprint density at radius 2 is 2.20 bits per heavy atom. The highest BCUT2D eigenvalue weighted by Gasteiger charge is 2.34. The lowest BCUT2D eigenvalue weighted by molar-refractivity contribution is -0.141. The molecule has 0 aromatic carbocycles. The van der Waals surface area contributed by atoms with Gasteiger partial charge in [-0.2, -0.15) is 0 Å². The molecule has 1 saturated heterocycles. The zero-order valence-corrected chi connectivity index (χ0v) is 11.6. The fraction of sp³-hybridized carbons (Fsp3) is 0.500. The van der Waals surface area contributed by atoms with Gasteiger partial charge >= 0.3 is 5.97 Å². The SMILES string of the molecule is CC(C)Oc1ccc(C(=O)N2CCCC2C(=O)O)cn1. The Hall–Kier alpha value is -2.11. The Labute approximate surface area is 117 Å². The van der Waals surface area contributed by atoms with Crippen LogP contribution in [0.3, 0.4) is 0 Å². The first-order chi connectivity index (χ1) is 9.49. The minimum absolute atomic E-state index is 0.0130. The summed E-state index contributed by atoms with van der Waals surface area (Å²) in [5, 5.41) is 9.09. The van der Waals surface area contributed by atoms with Gasteiger partial charge in [0.15, 0.2) is 0 Å². The average Bonchev–Trinajstić information content (AvgIpc) is 2.87. The molecule has 1 amide bonds. The quantitative estimate of drug-likeness (QED) is 0.904. The van der Waals surface area contributed by atoms with E-state index in [1.165, 1.54) is 11.1 Å². The molecule has 0 aliphatic carbocycles. The first-order valence-corrected chi connectivity index (χ1v) is 6.65. The van der Waals surface area contributed by atoms with Gasteiger partial charge in [0.25, 0.3) is 5.91 Å². The number of aromatic nitrogens is 1. The number of rotatable bonds is 4. The molecule has 0 radical (unpaired) electrons. The molecule has 0 bridgehead atoms. The molecule has 2 heterocycles. The second kappa shape index (κ2) is 5.90. The first kappa shape index (κ1) is 14.3. The second-order valence-electron chi connectivity index (χ2n) is 5.05. The van der Waals surface area contributed by atoms with Crippen molar-refractivity contribution in [3.8, 4) is 5.88 Å². The summed E-state index contributed by atoms with van der Waals surface area (Å²) in [4.78, 5) is 28.8. The van der Waals surface area contributed by atoms with Crippen LogP contribution in [0.15, 0.2) is 18.3 Å². The molecule has 1 atom stereocenters. The zero-order chi connectivity index (χ0) is 14.7. The molecular weight excluding hydrogens is 260 g/mol. The van der Waals surface area contributed by atoms with E-state index in [1.807, 2.05) is 13.8 Å². The predicted octanol–water partition coefficient (Wildman–Crippen LogP) is 1.56. The zero-order valence-electron chi connectivity index (χ0n) is 11.6. The monoisotopic (exact) mass is 278 g/mol. The molecule has 108 valence electrons. The fourth-order valence-electron chi connectivity index (χ4n) is 2.25. The Balaban J connectivity index is 2.11. The summed E-state index contributed by atoms with van der Waals surface area (Å²) < 4.78 is 5.40. The van der Waals surface area contributed by atoms with Crippen LogP contribution in [0.2, 0.25) is 0 Å². The lowest BCUT2D eigenvalue weighted by Crippen LogP contribution is -2.40. The fourth-order valence-corrected chi connectivity index (χ4v) is 2.25. The van der Waals surface area contributed by atoms with Gasteiger partial charge in [-0.3, -0.25) is 4.79 Å². The van der Waals surface area contributed by atoms with Crippen molar-refractivity contribution in [2.45, 2.75) is 38.8 Å². The van der Waals surface area contributed by atoms with Crippen LogP contribution in [-0.4, -0.2) is 45.6 Å². The number of ether oxygens (including phenoxy) is 1. The number of amides is 1. The highest BCUT2D eigenvalue weighted by molar-refractivity contribution is 5.96. The molecule has 1 N–H and O–H groups in total. The third kappa shape index (κ3) is 3.07. The molecule has 20 heavy (non-hydrogen) atoms. The number of carbonyl (C=O) groups is 2. The third-order valence-electron chi connectivity index (χ3n) is 3.14. The maximum atomic E-state index is 12.3. The molecule has 1 aliphatic rings. The van der Waals surface area contributed by atoms with Crippen LogP contribution in [0.1, 0.15) is 37.0 Å². The van der Waals surface area contributed by atoms with Crippen molar-refractivity contribution in [2.24, 2.45) is 0 Å². The van der Waals surface area contributed by atoms with Gasteiger partial charge < -0.3 is 14.7 Å². The van der Waals surface area contributed by atoms with Crippen molar-refractivity contribution < 1.29 is 19.4 Å². The molecule has 6 heteroatoms. The Bertz CT molecular complexity index is 498. The van der Waals surface area contributed by atoms with Crippen molar-refractivity contribution in [2.75, 3.05) is 6.54 Å². The number of carboxylic acid groups (broad SMARTS) is 1. The molecule has 1 aromatic heterocycles. The Morgan fingerprint density at radius 3 is 2.75 bits per heavy atom. The minimum Gasteiger partial charge on any atom is -0.480 e. The number of carboxylic acids is 1. The highest BCUT2D eigenvalue weighted by Crippen LogP contribution is 2.20. The molecular formula is C14H18N2O4. The van der Waals surface area contributed by atoms with Crippen LogP contribution in [0.4, 0.5) is 0 Å². The normalized spacial score (nSPS) is 18.4. The summed E-state index contributed by atoms with van der Waals surface area (Å²) in [6.07, 6.45) is 2.66. The molecule has 1 aromatic rings. The number of carbonyl (C=O) groups excluding carboxylic acids is 1. The summed E-state index contributed by atoms with van der Waals surface area (Å²) in [7, 11) is 0. The smallest absolute Gasteiger partial charge is 0.326 e. The molecule has 1 unspecified atom stereocenters. The average molecular weight is 278 g/mol. The van der Waals surface area contributed by atoms with Gasteiger partial charge in [0.05, 0.1) is 11.7 Å². The van der Waals surface area contributed by atoms with Gasteiger partial charge in [0.2, 0.25) is 5.88 Å². The van der Waals surface area contributed by atoms with Crippen molar-refractivity contribution in [1.29, 1.82) is 0 Å². The van der Waals surface area contributed by atoms with E-state index in [0.29, 0.717) is 30.8 Å². The van der Waals surface area contributed by atoms with Gasteiger partial charge in [0.1, 0.15) is 6.04 Å². The van der Waals surface area contributed by atoms with Gasteiger partial charge in [-0.1, -0.05) is 0 Å². The molecule has 6 nitrogen and oxygen atoms in total. The second-order valence-corrected chi connectivity index (χ2v) is 5.05. The summed E-state index contributed by atoms with van der Waals surface area (Å²) >= 11 is 0. The van der Waals surface area contributed by atoms with E-state index in [4.69, 9.17) is 9.84 Å². The third-order valence-corrected chi connectivity index (χ3v) is 3.14. The lowest BCUT2D eigenvalue weighted by Gasteiger charge is -2.21. The summed E-state index contributed by atoms with van der Waals surface area (Å²) in [6.45, 7) is 4.25. The summed E-state index contributed by atoms with van der Waals surface area (Å²) in [5.74, 6) is -0.796. The van der Waals surface area contributed by atoms with E-state index < -0.39 is 12.0 Å². The van der Waals surface area contributed by atoms with E-state index in [9.17, 15) is 9.59 Å². The molecule has 1 fully saturated rings. The molecule has 0 saturated carbocycles. The number of nitrogens with zero attached hydrogens (tertiary/aromatic N) is 2. The van der Waals surface area contributed by atoms with E-state index >= 15 is 0 Å².